The number of ether oxygens (including phenoxy) is 3. The quantitative estimate of drug-likeness (QED) is 0.418. The van der Waals surface area contributed by atoms with Crippen LogP contribution in [0.15, 0.2) is 72.8 Å². The molecule has 0 spiro atoms. The molecule has 3 aromatic carbocycles. The number of carbonyl (C=O) groups is 3. The highest BCUT2D eigenvalue weighted by molar-refractivity contribution is 6.22. The van der Waals surface area contributed by atoms with Gasteiger partial charge >= 0.3 is 6.03 Å². The van der Waals surface area contributed by atoms with Crippen molar-refractivity contribution >= 4 is 29.2 Å². The van der Waals surface area contributed by atoms with Crippen molar-refractivity contribution in [1.82, 2.24) is 4.90 Å². The van der Waals surface area contributed by atoms with E-state index in [1.54, 1.807) is 75.9 Å². The van der Waals surface area contributed by atoms with Crippen LogP contribution in [-0.2, 0) is 16.0 Å². The van der Waals surface area contributed by atoms with Crippen molar-refractivity contribution in [2.45, 2.75) is 18.9 Å². The zero-order valence-electron chi connectivity index (χ0n) is 21.0. The predicted molar refractivity (Wildman–Crippen MR) is 139 cm³/mol. The molecule has 0 saturated carbocycles. The Hall–Kier alpha value is -4.53. The van der Waals surface area contributed by atoms with E-state index in [-0.39, 0.29) is 18.9 Å². The van der Waals surface area contributed by atoms with Crippen LogP contribution in [0.3, 0.4) is 0 Å². The summed E-state index contributed by atoms with van der Waals surface area (Å²) in [7, 11) is 4.65. The Morgan fingerprint density at radius 2 is 1.57 bits per heavy atom. The highest BCUT2D eigenvalue weighted by Gasteiger charge is 2.46. The monoisotopic (exact) mass is 503 g/mol. The minimum atomic E-state index is -0.946. The first kappa shape index (κ1) is 25.6. The third-order valence-corrected chi connectivity index (χ3v) is 6.17. The second-order valence-corrected chi connectivity index (χ2v) is 8.42. The first-order valence-corrected chi connectivity index (χ1v) is 11.8. The first-order valence-electron chi connectivity index (χ1n) is 11.8. The van der Waals surface area contributed by atoms with Crippen molar-refractivity contribution in [2.24, 2.45) is 0 Å². The summed E-state index contributed by atoms with van der Waals surface area (Å²) in [5.41, 5.74) is 1.93. The molecule has 4 rings (SSSR count). The highest BCUT2D eigenvalue weighted by atomic mass is 16.5. The van der Waals surface area contributed by atoms with Crippen molar-refractivity contribution in [3.05, 3.63) is 78.4 Å². The molecule has 1 N–H and O–H groups in total. The van der Waals surface area contributed by atoms with Crippen LogP contribution in [0.1, 0.15) is 12.0 Å². The fraction of sp³-hybridized carbons (Fsp3) is 0.250. The van der Waals surface area contributed by atoms with E-state index in [2.05, 4.69) is 5.32 Å². The normalized spacial score (nSPS) is 15.1. The molecule has 4 amide bonds. The molecular formula is C28H29N3O6. The van der Waals surface area contributed by atoms with Gasteiger partial charge in [-0.2, -0.15) is 0 Å². The van der Waals surface area contributed by atoms with Gasteiger partial charge in [0.1, 0.15) is 11.8 Å². The van der Waals surface area contributed by atoms with Crippen LogP contribution < -0.4 is 24.4 Å². The summed E-state index contributed by atoms with van der Waals surface area (Å²) in [6.45, 7) is 0.232. The van der Waals surface area contributed by atoms with Crippen molar-refractivity contribution < 1.29 is 28.6 Å². The summed E-state index contributed by atoms with van der Waals surface area (Å²) in [5.74, 6) is 0.963. The van der Waals surface area contributed by atoms with Gasteiger partial charge in [-0.1, -0.05) is 24.3 Å². The first-order chi connectivity index (χ1) is 17.9. The predicted octanol–water partition coefficient (Wildman–Crippen LogP) is 4.12. The zero-order chi connectivity index (χ0) is 26.4. The Morgan fingerprint density at radius 1 is 0.865 bits per heavy atom. The molecule has 9 heteroatoms. The highest BCUT2D eigenvalue weighted by Crippen LogP contribution is 2.30. The van der Waals surface area contributed by atoms with Crippen LogP contribution >= 0.6 is 0 Å². The largest absolute Gasteiger partial charge is 0.497 e. The Bertz CT molecular complexity index is 1260. The van der Waals surface area contributed by atoms with Crippen LogP contribution in [0.5, 0.6) is 17.2 Å². The standard InChI is InChI=1S/C28H29N3O6/c1-35-22-12-10-21(11-13-22)31-27(33)23(18-26(32)29-20-7-5-4-6-8-20)30(28(31)34)16-15-19-9-14-24(36-2)25(17-19)37-3/h4-14,17,23H,15-16,18H2,1-3H3,(H,29,32)/t23-/m0/s1. The summed E-state index contributed by atoms with van der Waals surface area (Å²) in [6.07, 6.45) is 0.282. The maximum atomic E-state index is 13.5. The molecule has 37 heavy (non-hydrogen) atoms. The lowest BCUT2D eigenvalue weighted by atomic mass is 10.1. The average Bonchev–Trinajstić information content (AvgIpc) is 3.15. The molecule has 0 radical (unpaired) electrons. The average molecular weight is 504 g/mol. The number of nitrogens with one attached hydrogen (secondary N) is 1. The Morgan fingerprint density at radius 3 is 2.22 bits per heavy atom. The molecule has 0 bridgehead atoms. The lowest BCUT2D eigenvalue weighted by Crippen LogP contribution is -2.39. The molecule has 3 aromatic rings. The van der Waals surface area contributed by atoms with Gasteiger partial charge in [-0.25, -0.2) is 9.69 Å². The minimum Gasteiger partial charge on any atom is -0.497 e. The number of amides is 4. The molecule has 1 saturated heterocycles. The fourth-order valence-electron chi connectivity index (χ4n) is 4.25. The molecule has 1 heterocycles. The molecule has 9 nitrogen and oxygen atoms in total. The summed E-state index contributed by atoms with van der Waals surface area (Å²) in [6, 6.07) is 19.7. The third-order valence-electron chi connectivity index (χ3n) is 6.17. The number of nitrogens with zero attached hydrogens (tertiary/aromatic N) is 2. The number of hydrogen-bond acceptors (Lipinski definition) is 6. The summed E-state index contributed by atoms with van der Waals surface area (Å²) < 4.78 is 15.9. The third kappa shape index (κ3) is 5.66. The lowest BCUT2D eigenvalue weighted by Gasteiger charge is -2.22. The fourth-order valence-corrected chi connectivity index (χ4v) is 4.25. The Kier molecular flexibility index (Phi) is 7.92. The molecule has 1 aliphatic heterocycles. The molecule has 1 fully saturated rings. The number of rotatable bonds is 10. The summed E-state index contributed by atoms with van der Waals surface area (Å²) >= 11 is 0. The number of hydrogen-bond donors (Lipinski definition) is 1. The molecular weight excluding hydrogens is 474 g/mol. The summed E-state index contributed by atoms with van der Waals surface area (Å²) in [5, 5.41) is 2.80. The van der Waals surface area contributed by atoms with E-state index in [9.17, 15) is 14.4 Å². The topological polar surface area (TPSA) is 97.4 Å². The van der Waals surface area contributed by atoms with E-state index in [4.69, 9.17) is 14.2 Å². The maximum absolute atomic E-state index is 13.5. The van der Waals surface area contributed by atoms with Crippen LogP contribution in [-0.4, -0.2) is 56.7 Å². The number of anilines is 2. The number of para-hydroxylation sites is 1. The zero-order valence-corrected chi connectivity index (χ0v) is 21.0. The van der Waals surface area contributed by atoms with Gasteiger partial charge < -0.3 is 24.4 Å². The van der Waals surface area contributed by atoms with E-state index in [1.807, 2.05) is 18.2 Å². The van der Waals surface area contributed by atoms with Gasteiger partial charge in [0, 0.05) is 12.2 Å². The van der Waals surface area contributed by atoms with Crippen molar-refractivity contribution in [2.75, 3.05) is 38.1 Å². The lowest BCUT2D eigenvalue weighted by molar-refractivity contribution is -0.124. The van der Waals surface area contributed by atoms with E-state index < -0.39 is 18.0 Å². The molecule has 0 aliphatic carbocycles. The van der Waals surface area contributed by atoms with Crippen LogP contribution in [0, 0.1) is 0 Å². The van der Waals surface area contributed by atoms with Crippen LogP contribution in [0.25, 0.3) is 0 Å². The molecule has 0 aromatic heterocycles. The Balaban J connectivity index is 1.57. The number of methoxy groups -OCH3 is 3. The number of benzene rings is 3. The second kappa shape index (κ2) is 11.5. The van der Waals surface area contributed by atoms with Crippen molar-refractivity contribution in [3.63, 3.8) is 0 Å². The number of imide groups is 1. The van der Waals surface area contributed by atoms with Gasteiger partial charge in [0.15, 0.2) is 11.5 Å². The SMILES string of the molecule is COc1ccc(N2C(=O)[C@H](CC(=O)Nc3ccccc3)N(CCc3ccc(OC)c(OC)c3)C2=O)cc1. The van der Waals surface area contributed by atoms with Gasteiger partial charge in [-0.3, -0.25) is 9.59 Å². The minimum absolute atomic E-state index is 0.169. The van der Waals surface area contributed by atoms with Gasteiger partial charge in [-0.05, 0) is 60.5 Å². The van der Waals surface area contributed by atoms with Crippen LogP contribution in [0.4, 0.5) is 16.2 Å². The molecule has 1 aliphatic rings. The van der Waals surface area contributed by atoms with Crippen LogP contribution in [0.2, 0.25) is 0 Å². The molecule has 192 valence electrons. The smallest absolute Gasteiger partial charge is 0.332 e. The molecule has 1 atom stereocenters. The van der Waals surface area contributed by atoms with Crippen molar-refractivity contribution in [1.29, 1.82) is 0 Å². The van der Waals surface area contributed by atoms with E-state index in [0.717, 1.165) is 10.5 Å². The van der Waals surface area contributed by atoms with Gasteiger partial charge in [0.25, 0.3) is 5.91 Å². The number of carbonyl (C=O) groups excluding carboxylic acids is 3. The van der Waals surface area contributed by atoms with E-state index in [1.165, 1.54) is 4.90 Å². The van der Waals surface area contributed by atoms with Gasteiger partial charge in [0.2, 0.25) is 5.91 Å². The van der Waals surface area contributed by atoms with Crippen molar-refractivity contribution in [3.8, 4) is 17.2 Å². The summed E-state index contributed by atoms with van der Waals surface area (Å²) in [4.78, 5) is 42.4. The molecule has 0 unspecified atom stereocenters. The van der Waals surface area contributed by atoms with Gasteiger partial charge in [0.05, 0.1) is 33.4 Å². The van der Waals surface area contributed by atoms with E-state index in [0.29, 0.717) is 35.0 Å². The Labute approximate surface area is 215 Å². The van der Waals surface area contributed by atoms with Gasteiger partial charge in [-0.15, -0.1) is 0 Å². The van der Waals surface area contributed by atoms with E-state index >= 15 is 0 Å². The maximum Gasteiger partial charge on any atom is 0.332 e. The second-order valence-electron chi connectivity index (χ2n) is 8.42. The number of urea groups is 1.